The summed E-state index contributed by atoms with van der Waals surface area (Å²) in [6.45, 7) is 1.90. The van der Waals surface area contributed by atoms with E-state index in [-0.39, 0.29) is 5.69 Å². The van der Waals surface area contributed by atoms with Crippen LogP contribution in [0.1, 0.15) is 5.56 Å². The molecule has 1 aromatic carbocycles. The van der Waals surface area contributed by atoms with Gasteiger partial charge in [-0.05, 0) is 42.3 Å². The Labute approximate surface area is 181 Å². The molecule has 154 valence electrons. The molecular formula is C24H16FN7. The van der Waals surface area contributed by atoms with Gasteiger partial charge in [0, 0.05) is 35.9 Å². The van der Waals surface area contributed by atoms with E-state index in [0.717, 1.165) is 27.7 Å². The topological polar surface area (TPSA) is 96.0 Å². The van der Waals surface area contributed by atoms with E-state index in [4.69, 9.17) is 4.98 Å². The quantitative estimate of drug-likeness (QED) is 0.416. The molecule has 0 aliphatic carbocycles. The van der Waals surface area contributed by atoms with Crippen LogP contribution in [0.3, 0.4) is 0 Å². The molecule has 0 aliphatic heterocycles. The number of nitrogens with one attached hydrogen (secondary N) is 2. The van der Waals surface area contributed by atoms with Gasteiger partial charge < -0.3 is 4.98 Å². The van der Waals surface area contributed by atoms with Gasteiger partial charge in [-0.15, -0.1) is 0 Å². The number of nitrogens with zero attached hydrogens (tertiary/aromatic N) is 5. The van der Waals surface area contributed by atoms with Crippen molar-refractivity contribution in [1.82, 2.24) is 35.1 Å². The predicted molar refractivity (Wildman–Crippen MR) is 120 cm³/mol. The molecular weight excluding hydrogens is 405 g/mol. The van der Waals surface area contributed by atoms with Crippen LogP contribution in [0.5, 0.6) is 0 Å². The summed E-state index contributed by atoms with van der Waals surface area (Å²) in [5, 5.41) is 7.57. The lowest BCUT2D eigenvalue weighted by Crippen LogP contribution is -1.94. The van der Waals surface area contributed by atoms with Crippen molar-refractivity contribution in [2.75, 3.05) is 0 Å². The van der Waals surface area contributed by atoms with Gasteiger partial charge in [-0.2, -0.15) is 5.10 Å². The van der Waals surface area contributed by atoms with Crippen LogP contribution in [0.4, 0.5) is 4.39 Å². The highest BCUT2D eigenvalue weighted by Crippen LogP contribution is 2.34. The number of aromatic nitrogens is 7. The number of aryl methyl sites for hydroxylation is 1. The van der Waals surface area contributed by atoms with Gasteiger partial charge in [-0.1, -0.05) is 12.1 Å². The maximum atomic E-state index is 15.7. The first-order chi connectivity index (χ1) is 15.7. The van der Waals surface area contributed by atoms with E-state index in [1.807, 2.05) is 43.3 Å². The van der Waals surface area contributed by atoms with Crippen LogP contribution < -0.4 is 0 Å². The van der Waals surface area contributed by atoms with Gasteiger partial charge in [0.15, 0.2) is 11.6 Å². The Hall–Kier alpha value is -4.46. The minimum absolute atomic E-state index is 0.235. The molecule has 0 radical (unpaired) electrons. The summed E-state index contributed by atoms with van der Waals surface area (Å²) in [6.07, 6.45) is 8.37. The second kappa shape index (κ2) is 7.05. The van der Waals surface area contributed by atoms with Crippen LogP contribution in [0.15, 0.2) is 67.4 Å². The van der Waals surface area contributed by atoms with Gasteiger partial charge in [0.05, 0.1) is 28.1 Å². The van der Waals surface area contributed by atoms with Crippen LogP contribution in [0.25, 0.3) is 55.8 Å². The number of aromatic amines is 2. The summed E-state index contributed by atoms with van der Waals surface area (Å²) in [5.74, 6) is 0.0175. The molecule has 5 aromatic heterocycles. The molecule has 5 heterocycles. The van der Waals surface area contributed by atoms with Crippen molar-refractivity contribution in [2.24, 2.45) is 0 Å². The first kappa shape index (κ1) is 18.3. The first-order valence-corrected chi connectivity index (χ1v) is 10.0. The van der Waals surface area contributed by atoms with E-state index in [1.165, 1.54) is 0 Å². The molecule has 0 unspecified atom stereocenters. The van der Waals surface area contributed by atoms with Gasteiger partial charge >= 0.3 is 0 Å². The number of hydrogen-bond donors (Lipinski definition) is 2. The van der Waals surface area contributed by atoms with E-state index in [0.29, 0.717) is 28.0 Å². The van der Waals surface area contributed by atoms with Gasteiger partial charge in [-0.3, -0.25) is 20.1 Å². The lowest BCUT2D eigenvalue weighted by Gasteiger charge is -2.06. The molecule has 0 amide bonds. The second-order valence-electron chi connectivity index (χ2n) is 7.50. The van der Waals surface area contributed by atoms with E-state index in [1.54, 1.807) is 31.0 Å². The highest BCUT2D eigenvalue weighted by atomic mass is 19.1. The lowest BCUT2D eigenvalue weighted by atomic mass is 10.1. The van der Waals surface area contributed by atoms with E-state index < -0.39 is 5.82 Å². The smallest absolute Gasteiger partial charge is 0.161 e. The molecule has 8 heteroatoms. The Balaban J connectivity index is 1.56. The van der Waals surface area contributed by atoms with Crippen LogP contribution >= 0.6 is 0 Å². The number of H-pyrrole nitrogens is 2. The molecule has 6 rings (SSSR count). The lowest BCUT2D eigenvalue weighted by molar-refractivity contribution is 0.638. The standard InChI is InChI=1S/C24H16FN7/c1-13-5-8-27-11-16(13)22-20(25)19-18(12-28-22)31-32-23(19)24-29-17-4-2-3-15(21(17)30-24)14-6-9-26-10-7-14/h2-12H,1H3,(H,29,30)(H,31,32). The van der Waals surface area contributed by atoms with Crippen molar-refractivity contribution in [2.45, 2.75) is 6.92 Å². The summed E-state index contributed by atoms with van der Waals surface area (Å²) in [7, 11) is 0. The minimum Gasteiger partial charge on any atom is -0.337 e. The van der Waals surface area contributed by atoms with E-state index in [9.17, 15) is 0 Å². The highest BCUT2D eigenvalue weighted by Gasteiger charge is 2.21. The molecule has 2 N–H and O–H groups in total. The van der Waals surface area contributed by atoms with Crippen molar-refractivity contribution in [3.8, 4) is 33.9 Å². The molecule has 0 atom stereocenters. The average Bonchev–Trinajstić information content (AvgIpc) is 3.45. The Morgan fingerprint density at radius 3 is 2.53 bits per heavy atom. The van der Waals surface area contributed by atoms with Crippen molar-refractivity contribution in [3.63, 3.8) is 0 Å². The normalized spacial score (nSPS) is 11.4. The molecule has 0 aliphatic rings. The summed E-state index contributed by atoms with van der Waals surface area (Å²) in [5.41, 5.74) is 6.24. The molecule has 0 saturated heterocycles. The minimum atomic E-state index is -0.461. The summed E-state index contributed by atoms with van der Waals surface area (Å²) in [4.78, 5) is 20.6. The molecule has 0 saturated carbocycles. The van der Waals surface area contributed by atoms with Gasteiger partial charge in [0.1, 0.15) is 11.4 Å². The maximum absolute atomic E-state index is 15.7. The second-order valence-corrected chi connectivity index (χ2v) is 7.50. The first-order valence-electron chi connectivity index (χ1n) is 10.0. The Morgan fingerprint density at radius 2 is 1.69 bits per heavy atom. The Bertz CT molecular complexity index is 1600. The van der Waals surface area contributed by atoms with Crippen LogP contribution in [0.2, 0.25) is 0 Å². The van der Waals surface area contributed by atoms with E-state index in [2.05, 4.69) is 30.1 Å². The number of benzene rings is 1. The van der Waals surface area contributed by atoms with Crippen LogP contribution in [-0.4, -0.2) is 35.1 Å². The molecule has 0 spiro atoms. The zero-order valence-corrected chi connectivity index (χ0v) is 17.0. The third-order valence-electron chi connectivity index (χ3n) is 5.57. The number of halogens is 1. The third kappa shape index (κ3) is 2.77. The number of imidazole rings is 1. The number of pyridine rings is 3. The predicted octanol–water partition coefficient (Wildman–Crippen LogP) is 5.07. The maximum Gasteiger partial charge on any atom is 0.161 e. The fraction of sp³-hybridized carbons (Fsp3) is 0.0417. The highest BCUT2D eigenvalue weighted by molar-refractivity contribution is 5.98. The van der Waals surface area contributed by atoms with Crippen LogP contribution in [0, 0.1) is 12.7 Å². The van der Waals surface area contributed by atoms with Crippen molar-refractivity contribution in [3.05, 3.63) is 78.8 Å². The molecule has 32 heavy (non-hydrogen) atoms. The SMILES string of the molecule is Cc1ccncc1-c1ncc2[nH]nc(-c3nc4c(-c5ccncc5)cccc4[nH]3)c2c1F. The van der Waals surface area contributed by atoms with Gasteiger partial charge in [0.25, 0.3) is 0 Å². The fourth-order valence-corrected chi connectivity index (χ4v) is 3.96. The zero-order chi connectivity index (χ0) is 21.7. The fourth-order valence-electron chi connectivity index (χ4n) is 3.96. The third-order valence-corrected chi connectivity index (χ3v) is 5.57. The Morgan fingerprint density at radius 1 is 0.844 bits per heavy atom. The molecule has 6 aromatic rings. The monoisotopic (exact) mass is 421 g/mol. The van der Waals surface area contributed by atoms with Crippen LogP contribution in [-0.2, 0) is 0 Å². The van der Waals surface area contributed by atoms with Crippen molar-refractivity contribution >= 4 is 21.9 Å². The number of fused-ring (bicyclic) bond motifs is 2. The number of hydrogen-bond acceptors (Lipinski definition) is 5. The van der Waals surface area contributed by atoms with Crippen molar-refractivity contribution < 1.29 is 4.39 Å². The number of para-hydroxylation sites is 1. The summed E-state index contributed by atoms with van der Waals surface area (Å²) in [6, 6.07) is 11.6. The average molecular weight is 421 g/mol. The largest absolute Gasteiger partial charge is 0.337 e. The molecule has 0 bridgehead atoms. The molecule has 0 fully saturated rings. The number of rotatable bonds is 3. The van der Waals surface area contributed by atoms with Gasteiger partial charge in [0.2, 0.25) is 0 Å². The summed E-state index contributed by atoms with van der Waals surface area (Å²) >= 11 is 0. The van der Waals surface area contributed by atoms with Gasteiger partial charge in [-0.25, -0.2) is 9.37 Å². The zero-order valence-electron chi connectivity index (χ0n) is 17.0. The van der Waals surface area contributed by atoms with Crippen molar-refractivity contribution in [1.29, 1.82) is 0 Å². The van der Waals surface area contributed by atoms with E-state index >= 15 is 4.39 Å². The molecule has 7 nitrogen and oxygen atoms in total. The summed E-state index contributed by atoms with van der Waals surface area (Å²) < 4.78 is 15.7. The Kier molecular flexibility index (Phi) is 4.04.